The van der Waals surface area contributed by atoms with Crippen molar-refractivity contribution in [2.24, 2.45) is 0 Å². The van der Waals surface area contributed by atoms with E-state index in [1.54, 1.807) is 0 Å². The first-order valence-corrected chi connectivity index (χ1v) is 4.91. The molecule has 0 saturated carbocycles. The summed E-state index contributed by atoms with van der Waals surface area (Å²) in [4.78, 5) is 26.9. The third-order valence-corrected chi connectivity index (χ3v) is 2.44. The summed E-state index contributed by atoms with van der Waals surface area (Å²) >= 11 is 0. The average molecular weight is 214 g/mol. The fourth-order valence-electron chi connectivity index (χ4n) is 0.555. The van der Waals surface area contributed by atoms with E-state index in [9.17, 15) is 9.36 Å². The van der Waals surface area contributed by atoms with E-state index in [1.165, 1.54) is 0 Å². The Kier molecular flexibility index (Phi) is 3.74. The molecule has 78 valence electrons. The molecule has 0 aliphatic carbocycles. The van der Waals surface area contributed by atoms with Crippen LogP contribution in [0.2, 0.25) is 0 Å². The summed E-state index contributed by atoms with van der Waals surface area (Å²) in [5.74, 6) is -2.48. The Hall–Kier alpha value is -0.300. The predicted octanol–water partition coefficient (Wildman–Crippen LogP) is -2.21. The zero-order valence-corrected chi connectivity index (χ0v) is 7.63. The van der Waals surface area contributed by atoms with Crippen LogP contribution in [0, 0.1) is 0 Å². The van der Waals surface area contributed by atoms with Gasteiger partial charge in [-0.3, -0.25) is 4.57 Å². The third kappa shape index (κ3) is 3.15. The molecule has 7 nitrogen and oxygen atoms in total. The Bertz CT molecular complexity index is 231. The number of carbonyl (C=O) groups is 1. The van der Waals surface area contributed by atoms with Crippen LogP contribution in [0.25, 0.3) is 0 Å². The molecule has 0 aromatic carbocycles. The number of rotatable bonds is 4. The first-order valence-electron chi connectivity index (χ1n) is 3.23. The van der Waals surface area contributed by atoms with Crippen LogP contribution in [0.4, 0.5) is 0 Å². The molecule has 0 radical (unpaired) electrons. The summed E-state index contributed by atoms with van der Waals surface area (Å²) in [6, 6.07) is 0. The van der Waals surface area contributed by atoms with Crippen molar-refractivity contribution in [1.29, 1.82) is 0 Å². The second-order valence-corrected chi connectivity index (χ2v) is 4.50. The van der Waals surface area contributed by atoms with Crippen LogP contribution in [-0.4, -0.2) is 48.9 Å². The van der Waals surface area contributed by atoms with Crippen molar-refractivity contribution in [2.75, 3.05) is 0 Å². The zero-order chi connectivity index (χ0) is 10.9. The number of carbonyl (C=O) groups excluding carboxylic acids is 1. The fraction of sp³-hybridized carbons (Fsp3) is 0.800. The van der Waals surface area contributed by atoms with E-state index in [2.05, 4.69) is 0 Å². The highest BCUT2D eigenvalue weighted by Crippen LogP contribution is 2.42. The van der Waals surface area contributed by atoms with Gasteiger partial charge in [-0.1, -0.05) is 0 Å². The van der Waals surface area contributed by atoms with E-state index in [-0.39, 0.29) is 6.29 Å². The van der Waals surface area contributed by atoms with Gasteiger partial charge >= 0.3 is 7.60 Å². The fourth-order valence-corrected chi connectivity index (χ4v) is 1.23. The normalized spacial score (nSPS) is 21.7. The molecule has 8 heteroatoms. The summed E-state index contributed by atoms with van der Waals surface area (Å²) in [5.41, 5.74) is -2.39. The van der Waals surface area contributed by atoms with Crippen LogP contribution >= 0.6 is 7.60 Å². The first kappa shape index (κ1) is 12.7. The van der Waals surface area contributed by atoms with E-state index in [0.29, 0.717) is 0 Å². The van der Waals surface area contributed by atoms with Crippen molar-refractivity contribution in [3.63, 3.8) is 0 Å². The molecule has 5 N–H and O–H groups in total. The minimum absolute atomic E-state index is 0.115. The minimum Gasteiger partial charge on any atom is -0.386 e. The van der Waals surface area contributed by atoms with Gasteiger partial charge in [-0.25, -0.2) is 0 Å². The number of hydrogen-bond donors (Lipinski definition) is 5. The van der Waals surface area contributed by atoms with Crippen molar-refractivity contribution in [3.8, 4) is 0 Å². The molecule has 0 amide bonds. The molecule has 0 spiro atoms. The van der Waals surface area contributed by atoms with Crippen LogP contribution in [0.3, 0.4) is 0 Å². The molecule has 0 aromatic heterocycles. The number of aliphatic hydroxyl groups excluding tert-OH is 2. The molecule has 3 unspecified atom stereocenters. The summed E-state index contributed by atoms with van der Waals surface area (Å²) in [6.07, 6.45) is -2.35. The van der Waals surface area contributed by atoms with Gasteiger partial charge in [0.05, 0.1) is 0 Å². The first-order chi connectivity index (χ1) is 5.63. The molecule has 3 atom stereocenters. The van der Waals surface area contributed by atoms with Crippen molar-refractivity contribution in [3.05, 3.63) is 0 Å². The monoisotopic (exact) mass is 214 g/mol. The van der Waals surface area contributed by atoms with E-state index in [0.717, 1.165) is 6.92 Å². The van der Waals surface area contributed by atoms with Crippen LogP contribution in [-0.2, 0) is 9.36 Å². The van der Waals surface area contributed by atoms with Crippen LogP contribution in [0.5, 0.6) is 0 Å². The highest BCUT2D eigenvalue weighted by atomic mass is 31.2. The highest BCUT2D eigenvalue weighted by Gasteiger charge is 2.43. The van der Waals surface area contributed by atoms with Crippen molar-refractivity contribution >= 4 is 13.9 Å². The quantitative estimate of drug-likeness (QED) is 0.264. The van der Waals surface area contributed by atoms with Gasteiger partial charge in [0.1, 0.15) is 11.7 Å². The van der Waals surface area contributed by atoms with Gasteiger partial charge in [-0.05, 0) is 6.92 Å². The largest absolute Gasteiger partial charge is 0.386 e. The molecule has 0 heterocycles. The Morgan fingerprint density at radius 3 is 2.00 bits per heavy atom. The topological polar surface area (TPSA) is 135 Å². The summed E-state index contributed by atoms with van der Waals surface area (Å²) in [6.45, 7) is 0.823. The van der Waals surface area contributed by atoms with Gasteiger partial charge in [-0.15, -0.1) is 0 Å². The Balaban J connectivity index is 4.71. The highest BCUT2D eigenvalue weighted by molar-refractivity contribution is 7.52. The smallest absolute Gasteiger partial charge is 0.356 e. The average Bonchev–Trinajstić information content (AvgIpc) is 2.00. The summed E-state index contributed by atoms with van der Waals surface area (Å²) in [5, 5.41) is 26.8. The molecular formula is C5H11O7P. The van der Waals surface area contributed by atoms with Gasteiger partial charge < -0.3 is 29.9 Å². The molecule has 0 rings (SSSR count). The molecule has 13 heavy (non-hydrogen) atoms. The molecule has 0 aliphatic heterocycles. The third-order valence-electron chi connectivity index (χ3n) is 1.46. The van der Waals surface area contributed by atoms with Gasteiger partial charge in [0.2, 0.25) is 0 Å². The van der Waals surface area contributed by atoms with Crippen molar-refractivity contribution in [2.45, 2.75) is 24.5 Å². The number of aliphatic hydroxyl groups is 3. The van der Waals surface area contributed by atoms with Crippen LogP contribution in [0.1, 0.15) is 6.92 Å². The lowest BCUT2D eigenvalue weighted by Gasteiger charge is -2.27. The number of aldehydes is 1. The second-order valence-electron chi connectivity index (χ2n) is 2.79. The molecule has 0 aliphatic rings. The lowest BCUT2D eigenvalue weighted by atomic mass is 10.0. The molecule has 0 saturated heterocycles. The van der Waals surface area contributed by atoms with E-state index >= 15 is 0 Å². The van der Waals surface area contributed by atoms with Crippen LogP contribution in [0.15, 0.2) is 0 Å². The number of hydrogen-bond acceptors (Lipinski definition) is 5. The van der Waals surface area contributed by atoms with Gasteiger partial charge in [0.25, 0.3) is 0 Å². The maximum atomic E-state index is 10.4. The second kappa shape index (κ2) is 3.83. The van der Waals surface area contributed by atoms with Crippen LogP contribution < -0.4 is 0 Å². The van der Waals surface area contributed by atoms with E-state index < -0.39 is 25.1 Å². The van der Waals surface area contributed by atoms with E-state index in [1.807, 2.05) is 0 Å². The van der Waals surface area contributed by atoms with Crippen molar-refractivity contribution < 1.29 is 34.5 Å². The Morgan fingerprint density at radius 1 is 1.38 bits per heavy atom. The van der Waals surface area contributed by atoms with Gasteiger partial charge in [0.15, 0.2) is 12.1 Å². The van der Waals surface area contributed by atoms with Gasteiger partial charge in [0, 0.05) is 0 Å². The molecule has 0 bridgehead atoms. The maximum Gasteiger partial charge on any atom is 0.356 e. The lowest BCUT2D eigenvalue weighted by Crippen LogP contribution is -2.47. The predicted molar refractivity (Wildman–Crippen MR) is 40.7 cm³/mol. The lowest BCUT2D eigenvalue weighted by molar-refractivity contribution is -0.140. The zero-order valence-electron chi connectivity index (χ0n) is 6.73. The minimum atomic E-state index is -4.94. The maximum absolute atomic E-state index is 10.4. The van der Waals surface area contributed by atoms with E-state index in [4.69, 9.17) is 25.1 Å². The SMILES string of the molecule is CC(O)(C=O)C(O)C(O)P(=O)(O)O. The summed E-state index contributed by atoms with van der Waals surface area (Å²) < 4.78 is 10.4. The Labute approximate surface area is 73.8 Å². The molecular weight excluding hydrogens is 203 g/mol. The van der Waals surface area contributed by atoms with Crippen molar-refractivity contribution in [1.82, 2.24) is 0 Å². The van der Waals surface area contributed by atoms with Gasteiger partial charge in [-0.2, -0.15) is 0 Å². The summed E-state index contributed by atoms with van der Waals surface area (Å²) in [7, 11) is -4.94. The molecule has 0 fully saturated rings. The standard InChI is InChI=1S/C5H11O7P/c1-5(9,2-6)3(7)4(8)13(10,11)12/h2-4,7-9H,1H3,(H2,10,11,12). The molecule has 0 aromatic rings. The Morgan fingerprint density at radius 2 is 1.77 bits per heavy atom.